The van der Waals surface area contributed by atoms with Gasteiger partial charge in [0.15, 0.2) is 0 Å². The lowest BCUT2D eigenvalue weighted by Gasteiger charge is -2.43. The Morgan fingerprint density at radius 2 is 1.52 bits per heavy atom. The van der Waals surface area contributed by atoms with Gasteiger partial charge in [-0.25, -0.2) is 0 Å². The first-order chi connectivity index (χ1) is 9.76. The fourth-order valence-corrected chi connectivity index (χ4v) is 4.12. The fourth-order valence-electron chi connectivity index (χ4n) is 4.12. The third-order valence-corrected chi connectivity index (χ3v) is 6.09. The van der Waals surface area contributed by atoms with Gasteiger partial charge in [0, 0.05) is 18.6 Å². The molecule has 1 N–H and O–H groups in total. The van der Waals surface area contributed by atoms with Crippen LogP contribution in [0.5, 0.6) is 0 Å². The van der Waals surface area contributed by atoms with Crippen molar-refractivity contribution in [1.82, 2.24) is 10.2 Å². The molecule has 1 unspecified atom stereocenters. The SMILES string of the molecule is CCC(C)(CNC(C)(C)C)CN1CCC2(CCCC2)CC1. The van der Waals surface area contributed by atoms with Crippen molar-refractivity contribution in [3.05, 3.63) is 0 Å². The average molecular weight is 295 g/mol. The minimum absolute atomic E-state index is 0.228. The van der Waals surface area contributed by atoms with Gasteiger partial charge in [0.1, 0.15) is 0 Å². The summed E-state index contributed by atoms with van der Waals surface area (Å²) in [5.74, 6) is 0. The Morgan fingerprint density at radius 1 is 0.952 bits per heavy atom. The molecule has 124 valence electrons. The van der Waals surface area contributed by atoms with E-state index in [0.717, 1.165) is 12.0 Å². The summed E-state index contributed by atoms with van der Waals surface area (Å²) >= 11 is 0. The van der Waals surface area contributed by atoms with Gasteiger partial charge in [0.05, 0.1) is 0 Å². The molecule has 21 heavy (non-hydrogen) atoms. The van der Waals surface area contributed by atoms with Crippen molar-refractivity contribution in [3.8, 4) is 0 Å². The van der Waals surface area contributed by atoms with E-state index in [2.05, 4.69) is 44.8 Å². The molecule has 0 amide bonds. The van der Waals surface area contributed by atoms with Crippen molar-refractivity contribution in [2.45, 2.75) is 85.1 Å². The second kappa shape index (κ2) is 6.58. The molecular formula is C19H38N2. The number of hydrogen-bond acceptors (Lipinski definition) is 2. The second-order valence-electron chi connectivity index (χ2n) is 9.25. The highest BCUT2D eigenvalue weighted by Crippen LogP contribution is 2.46. The van der Waals surface area contributed by atoms with Crippen molar-refractivity contribution >= 4 is 0 Å². The van der Waals surface area contributed by atoms with Crippen molar-refractivity contribution in [1.29, 1.82) is 0 Å². The molecule has 1 saturated carbocycles. The third kappa shape index (κ3) is 4.96. The van der Waals surface area contributed by atoms with E-state index in [1.165, 1.54) is 64.6 Å². The molecule has 1 aliphatic heterocycles. The summed E-state index contributed by atoms with van der Waals surface area (Å²) in [5.41, 5.74) is 1.39. The maximum atomic E-state index is 3.72. The van der Waals surface area contributed by atoms with Crippen LogP contribution >= 0.6 is 0 Å². The van der Waals surface area contributed by atoms with Gasteiger partial charge in [0.2, 0.25) is 0 Å². The number of likely N-dealkylation sites (tertiary alicyclic amines) is 1. The second-order valence-corrected chi connectivity index (χ2v) is 9.25. The van der Waals surface area contributed by atoms with E-state index < -0.39 is 0 Å². The normalized spacial score (nSPS) is 26.1. The summed E-state index contributed by atoms with van der Waals surface area (Å²) in [4.78, 5) is 2.75. The van der Waals surface area contributed by atoms with Crippen LogP contribution in [0.25, 0.3) is 0 Å². The van der Waals surface area contributed by atoms with E-state index in [-0.39, 0.29) is 5.54 Å². The first-order valence-electron chi connectivity index (χ1n) is 9.23. The lowest BCUT2D eigenvalue weighted by molar-refractivity contribution is 0.0690. The number of nitrogens with zero attached hydrogens (tertiary/aromatic N) is 1. The van der Waals surface area contributed by atoms with Gasteiger partial charge < -0.3 is 10.2 Å². The zero-order valence-corrected chi connectivity index (χ0v) is 15.2. The van der Waals surface area contributed by atoms with E-state index >= 15 is 0 Å². The van der Waals surface area contributed by atoms with Gasteiger partial charge in [-0.3, -0.25) is 0 Å². The Labute approximate surface area is 133 Å². The highest BCUT2D eigenvalue weighted by molar-refractivity contribution is 4.91. The molecule has 1 heterocycles. The van der Waals surface area contributed by atoms with Gasteiger partial charge >= 0.3 is 0 Å². The first-order valence-corrected chi connectivity index (χ1v) is 9.23. The van der Waals surface area contributed by atoms with Crippen LogP contribution in [0.3, 0.4) is 0 Å². The summed E-state index contributed by atoms with van der Waals surface area (Å²) in [6, 6.07) is 0. The van der Waals surface area contributed by atoms with E-state index in [1.807, 2.05) is 0 Å². The lowest BCUT2D eigenvalue weighted by Crippen LogP contribution is -2.49. The number of rotatable bonds is 5. The monoisotopic (exact) mass is 294 g/mol. The molecular weight excluding hydrogens is 256 g/mol. The van der Waals surface area contributed by atoms with Crippen LogP contribution < -0.4 is 5.32 Å². The topological polar surface area (TPSA) is 15.3 Å². The molecule has 1 saturated heterocycles. The van der Waals surface area contributed by atoms with Crippen LogP contribution in [0, 0.1) is 10.8 Å². The number of hydrogen-bond donors (Lipinski definition) is 1. The third-order valence-electron chi connectivity index (χ3n) is 6.09. The predicted octanol–water partition coefficient (Wildman–Crippen LogP) is 4.45. The van der Waals surface area contributed by atoms with Gasteiger partial charge in [-0.05, 0) is 76.8 Å². The molecule has 0 aromatic rings. The Kier molecular flexibility index (Phi) is 5.41. The van der Waals surface area contributed by atoms with Crippen LogP contribution in [0.1, 0.15) is 79.6 Å². The highest BCUT2D eigenvalue weighted by Gasteiger charge is 2.38. The molecule has 2 rings (SSSR count). The van der Waals surface area contributed by atoms with Crippen molar-refractivity contribution < 1.29 is 0 Å². The van der Waals surface area contributed by atoms with E-state index in [4.69, 9.17) is 0 Å². The van der Waals surface area contributed by atoms with Crippen LogP contribution in [0.4, 0.5) is 0 Å². The van der Waals surface area contributed by atoms with Gasteiger partial charge in [-0.1, -0.05) is 26.7 Å². The van der Waals surface area contributed by atoms with Crippen LogP contribution in [0.2, 0.25) is 0 Å². The minimum atomic E-state index is 0.228. The Hall–Kier alpha value is -0.0800. The van der Waals surface area contributed by atoms with Gasteiger partial charge in [0.25, 0.3) is 0 Å². The molecule has 1 spiro atoms. The van der Waals surface area contributed by atoms with Crippen LogP contribution in [0.15, 0.2) is 0 Å². The van der Waals surface area contributed by atoms with Crippen LogP contribution in [-0.2, 0) is 0 Å². The largest absolute Gasteiger partial charge is 0.311 e. The summed E-state index contributed by atoms with van der Waals surface area (Å²) in [6.45, 7) is 16.7. The van der Waals surface area contributed by atoms with E-state index in [1.54, 1.807) is 0 Å². The summed E-state index contributed by atoms with van der Waals surface area (Å²) in [6.07, 6.45) is 10.2. The first kappa shape index (κ1) is 17.3. The van der Waals surface area contributed by atoms with E-state index in [9.17, 15) is 0 Å². The predicted molar refractivity (Wildman–Crippen MR) is 92.7 cm³/mol. The molecule has 0 bridgehead atoms. The molecule has 1 aliphatic carbocycles. The molecule has 2 nitrogen and oxygen atoms in total. The molecule has 1 atom stereocenters. The van der Waals surface area contributed by atoms with Crippen molar-refractivity contribution in [2.75, 3.05) is 26.2 Å². The highest BCUT2D eigenvalue weighted by atomic mass is 15.1. The smallest absolute Gasteiger partial charge is 0.00967 e. The van der Waals surface area contributed by atoms with Crippen LogP contribution in [-0.4, -0.2) is 36.6 Å². The Morgan fingerprint density at radius 3 is 2.00 bits per heavy atom. The van der Waals surface area contributed by atoms with E-state index in [0.29, 0.717) is 5.41 Å². The quantitative estimate of drug-likeness (QED) is 0.806. The molecule has 2 heteroatoms. The minimum Gasteiger partial charge on any atom is -0.311 e. The standard InChI is InChI=1S/C19H38N2/c1-6-18(5,15-20-17(2,3)4)16-21-13-11-19(12-14-21)9-7-8-10-19/h20H,6-16H2,1-5H3. The zero-order chi connectivity index (χ0) is 15.6. The van der Waals surface area contributed by atoms with Crippen molar-refractivity contribution in [2.24, 2.45) is 10.8 Å². The fraction of sp³-hybridized carbons (Fsp3) is 1.00. The maximum Gasteiger partial charge on any atom is 0.00967 e. The van der Waals surface area contributed by atoms with Gasteiger partial charge in [-0.15, -0.1) is 0 Å². The van der Waals surface area contributed by atoms with Crippen molar-refractivity contribution in [3.63, 3.8) is 0 Å². The Bertz CT molecular complexity index is 315. The lowest BCUT2D eigenvalue weighted by atomic mass is 9.76. The molecule has 2 fully saturated rings. The molecule has 0 aromatic heterocycles. The zero-order valence-electron chi connectivity index (χ0n) is 15.2. The maximum absolute atomic E-state index is 3.72. The summed E-state index contributed by atoms with van der Waals surface area (Å²) < 4.78 is 0. The Balaban J connectivity index is 1.82. The molecule has 0 radical (unpaired) electrons. The average Bonchev–Trinajstić information content (AvgIpc) is 2.87. The number of piperidine rings is 1. The summed E-state index contributed by atoms with van der Waals surface area (Å²) in [7, 11) is 0. The van der Waals surface area contributed by atoms with Gasteiger partial charge in [-0.2, -0.15) is 0 Å². The molecule has 0 aromatic carbocycles. The molecule has 2 aliphatic rings. The summed E-state index contributed by atoms with van der Waals surface area (Å²) in [5, 5.41) is 3.72. The number of nitrogens with one attached hydrogen (secondary N) is 1.